The second-order valence-electron chi connectivity index (χ2n) is 12.0. The Kier molecular flexibility index (Phi) is 28.6. The van der Waals surface area contributed by atoms with Gasteiger partial charge in [-0.15, -0.1) is 0 Å². The number of unbranched alkanes of at least 4 members (excludes halogenated alkanes) is 8. The predicted octanol–water partition coefficient (Wildman–Crippen LogP) is 12.8. The van der Waals surface area contributed by atoms with Crippen LogP contribution in [0.4, 0.5) is 0 Å². The summed E-state index contributed by atoms with van der Waals surface area (Å²) in [5.41, 5.74) is 0. The van der Waals surface area contributed by atoms with Gasteiger partial charge in [0.05, 0.1) is 24.6 Å². The van der Waals surface area contributed by atoms with E-state index >= 15 is 0 Å². The van der Waals surface area contributed by atoms with E-state index in [-0.39, 0.29) is 6.15 Å². The first kappa shape index (κ1) is 36.7. The Labute approximate surface area is 221 Å². The van der Waals surface area contributed by atoms with Crippen molar-refractivity contribution in [1.82, 2.24) is 0 Å². The van der Waals surface area contributed by atoms with Crippen LogP contribution in [-0.4, -0.2) is 30.8 Å². The van der Waals surface area contributed by atoms with Gasteiger partial charge in [0.2, 0.25) is 0 Å². The molecule has 0 saturated carbocycles. The Morgan fingerprint density at radius 2 is 0.529 bits per heavy atom. The van der Waals surface area contributed by atoms with Crippen LogP contribution in [0.25, 0.3) is 0 Å². The Morgan fingerprint density at radius 1 is 0.324 bits per heavy atom. The van der Waals surface area contributed by atoms with Crippen molar-refractivity contribution < 1.29 is 0 Å². The van der Waals surface area contributed by atoms with Crippen LogP contribution in [0.15, 0.2) is 0 Å². The number of rotatable bonds is 24. The molecule has 0 heterocycles. The summed E-state index contributed by atoms with van der Waals surface area (Å²) in [5.74, 6) is 0. The molecule has 0 aliphatic carbocycles. The molecule has 0 rings (SSSR count). The first-order valence-corrected chi connectivity index (χ1v) is 19.1. The van der Waals surface area contributed by atoms with Crippen molar-refractivity contribution in [2.45, 2.75) is 183 Å². The lowest BCUT2D eigenvalue weighted by Crippen LogP contribution is -2.33. The van der Waals surface area contributed by atoms with Crippen molar-refractivity contribution in [2.75, 3.05) is 24.6 Å². The molecule has 0 fully saturated rings. The fourth-order valence-corrected chi connectivity index (χ4v) is 11.3. The van der Waals surface area contributed by atoms with E-state index in [1.807, 2.05) is 0 Å². The third-order valence-corrected chi connectivity index (χ3v) is 13.7. The third kappa shape index (κ3) is 19.7. The minimum Gasteiger partial charge on any atom is -0.178 e. The second-order valence-corrected chi connectivity index (χ2v) is 16.4. The maximum atomic E-state index is 2.36. The van der Waals surface area contributed by atoms with Gasteiger partial charge >= 0.3 is 0 Å². The van der Waals surface area contributed by atoms with Crippen LogP contribution < -0.4 is 0 Å². The van der Waals surface area contributed by atoms with E-state index in [0.717, 1.165) is 0 Å². The molecular weight excluding hydrogens is 426 g/mol. The summed E-state index contributed by atoms with van der Waals surface area (Å²) in [6.45, 7) is 18.8. The van der Waals surface area contributed by atoms with Gasteiger partial charge in [-0.05, 0) is 25.7 Å². The molecule has 0 unspecified atom stereocenters. The zero-order valence-corrected chi connectivity index (χ0v) is 26.9. The van der Waals surface area contributed by atoms with Gasteiger partial charge in [0.15, 0.2) is 0 Å². The summed E-state index contributed by atoms with van der Waals surface area (Å²) in [4.78, 5) is 0. The number of hydrogen-bond acceptors (Lipinski definition) is 0. The molecule has 0 amide bonds. The summed E-state index contributed by atoms with van der Waals surface area (Å²) in [5, 5.41) is 0. The molecule has 208 valence electrons. The van der Waals surface area contributed by atoms with Crippen molar-refractivity contribution in [3.8, 4) is 0 Å². The molecule has 2 heteroatoms. The van der Waals surface area contributed by atoms with E-state index in [4.69, 9.17) is 0 Å². The van der Waals surface area contributed by atoms with Gasteiger partial charge < -0.3 is 0 Å². The molecule has 34 heavy (non-hydrogen) atoms. The minimum absolute atomic E-state index is 0.00722. The first-order valence-electron chi connectivity index (χ1n) is 16.6. The summed E-state index contributed by atoms with van der Waals surface area (Å²) in [7, 11) is -0.562. The summed E-state index contributed by atoms with van der Waals surface area (Å²) < 4.78 is 0. The zero-order valence-electron chi connectivity index (χ0n) is 26.0. The van der Waals surface area contributed by atoms with Gasteiger partial charge in [-0.25, -0.2) is 0 Å². The Hall–Kier alpha value is 0.495. The van der Waals surface area contributed by atoms with Gasteiger partial charge in [-0.3, -0.25) is 0 Å². The quantitative estimate of drug-likeness (QED) is 0.0917. The maximum absolute atomic E-state index is 2.36. The molecule has 0 aromatic carbocycles. The van der Waals surface area contributed by atoms with Crippen LogP contribution in [0.3, 0.4) is 0 Å². The minimum atomic E-state index is -0.562. The topological polar surface area (TPSA) is 0 Å². The molecule has 0 aromatic rings. The van der Waals surface area contributed by atoms with Crippen LogP contribution >= 0.6 is 7.26 Å². The summed E-state index contributed by atoms with van der Waals surface area (Å²) >= 11 is 0. The lowest BCUT2D eigenvalue weighted by atomic mass is 9.17. The summed E-state index contributed by atoms with van der Waals surface area (Å²) in [6, 6.07) is 0. The van der Waals surface area contributed by atoms with Crippen molar-refractivity contribution >= 4 is 13.4 Å². The van der Waals surface area contributed by atoms with Crippen molar-refractivity contribution in [3.63, 3.8) is 0 Å². The molecule has 0 N–H and O–H groups in total. The zero-order chi connectivity index (χ0) is 26.0. The van der Waals surface area contributed by atoms with E-state index in [1.165, 1.54) is 103 Å². The highest BCUT2D eigenvalue weighted by atomic mass is 31.2. The van der Waals surface area contributed by atoms with Crippen LogP contribution in [0.5, 0.6) is 0 Å². The average molecular weight is 499 g/mol. The molecule has 0 aromatic heterocycles. The predicted molar refractivity (Wildman–Crippen MR) is 171 cm³/mol. The van der Waals surface area contributed by atoms with Crippen molar-refractivity contribution in [2.24, 2.45) is 0 Å². The van der Waals surface area contributed by atoms with Gasteiger partial charge in [0.25, 0.3) is 0 Å². The van der Waals surface area contributed by atoms with Gasteiger partial charge in [0, 0.05) is 13.4 Å². The third-order valence-electron chi connectivity index (χ3n) is 8.62. The van der Waals surface area contributed by atoms with Crippen LogP contribution in [0.2, 0.25) is 25.3 Å². The standard InChI is InChI=1S/C16H36B.C16H36P/c2*1-5-9-13-17(14-10-6-2,15-11-7-3)16-12-8-4/h2*5-16H2,1-4H3/q-1;+1. The lowest BCUT2D eigenvalue weighted by molar-refractivity contribution is 0.762. The molecule has 0 nitrogen and oxygen atoms in total. The molecule has 0 atom stereocenters. The molecule has 0 aliphatic rings. The maximum Gasteiger partial charge on any atom is 0.0594 e. The molecule has 0 spiro atoms. The highest BCUT2D eigenvalue weighted by Crippen LogP contribution is 2.61. The molecule has 0 aliphatic heterocycles. The van der Waals surface area contributed by atoms with E-state index in [2.05, 4.69) is 55.4 Å². The number of hydrogen-bond donors (Lipinski definition) is 0. The van der Waals surface area contributed by atoms with Gasteiger partial charge in [-0.2, -0.15) is 25.3 Å². The average Bonchev–Trinajstić information content (AvgIpc) is 2.87. The Morgan fingerprint density at radius 3 is 0.706 bits per heavy atom. The van der Waals surface area contributed by atoms with E-state index < -0.39 is 7.26 Å². The second kappa shape index (κ2) is 26.6. The molecular formula is C32H72BP. The monoisotopic (exact) mass is 499 g/mol. The highest BCUT2D eigenvalue weighted by molar-refractivity contribution is 7.75. The van der Waals surface area contributed by atoms with Crippen LogP contribution in [0, 0.1) is 0 Å². The summed E-state index contributed by atoms with van der Waals surface area (Å²) in [6.07, 6.45) is 35.6. The Balaban J connectivity index is 0. The van der Waals surface area contributed by atoms with E-state index in [1.54, 1.807) is 49.9 Å². The molecule has 0 saturated heterocycles. The largest absolute Gasteiger partial charge is 0.178 e. The fraction of sp³-hybridized carbons (Fsp3) is 1.00. The molecule has 0 radical (unpaired) electrons. The van der Waals surface area contributed by atoms with Crippen LogP contribution in [-0.2, 0) is 0 Å². The highest BCUT2D eigenvalue weighted by Gasteiger charge is 2.34. The van der Waals surface area contributed by atoms with E-state index in [9.17, 15) is 0 Å². The normalized spacial score (nSPS) is 12.0. The van der Waals surface area contributed by atoms with Gasteiger partial charge in [-0.1, -0.05) is 132 Å². The molecule has 0 bridgehead atoms. The van der Waals surface area contributed by atoms with Crippen molar-refractivity contribution in [3.05, 3.63) is 0 Å². The van der Waals surface area contributed by atoms with E-state index in [0.29, 0.717) is 0 Å². The van der Waals surface area contributed by atoms with Gasteiger partial charge in [0.1, 0.15) is 0 Å². The van der Waals surface area contributed by atoms with Crippen LogP contribution in [0.1, 0.15) is 158 Å². The SMILES string of the molecule is CCCC[B-](CCCC)(CCCC)CCCC.CCCC[P+](CCCC)(CCCC)CCCC. The first-order chi connectivity index (χ1) is 16.5. The fourth-order valence-electron chi connectivity index (χ4n) is 6.06. The Bertz CT molecular complexity index is 270. The smallest absolute Gasteiger partial charge is 0.0594 e. The lowest BCUT2D eigenvalue weighted by Gasteiger charge is -2.40. The van der Waals surface area contributed by atoms with Crippen molar-refractivity contribution in [1.29, 1.82) is 0 Å².